The molecule has 3 heterocycles. The standard InChI is InChI=1S/C20H24ClN5O/c21-17-2-1-3-18(14-17)24-10-12-26(13-11-24)20(27)16-4-8-25(9-5-16)19-15-22-6-7-23-19/h1-3,6-7,14-16H,4-5,8-13H2. The summed E-state index contributed by atoms with van der Waals surface area (Å²) in [4.78, 5) is 28.0. The van der Waals surface area contributed by atoms with Crippen molar-refractivity contribution in [2.24, 2.45) is 5.92 Å². The van der Waals surface area contributed by atoms with E-state index in [2.05, 4.69) is 25.8 Å². The molecule has 2 aliphatic heterocycles. The Morgan fingerprint density at radius 2 is 1.78 bits per heavy atom. The second kappa shape index (κ2) is 8.13. The lowest BCUT2D eigenvalue weighted by molar-refractivity contribution is -0.136. The minimum Gasteiger partial charge on any atom is -0.368 e. The van der Waals surface area contributed by atoms with Gasteiger partial charge >= 0.3 is 0 Å². The molecule has 2 aromatic rings. The lowest BCUT2D eigenvalue weighted by atomic mass is 9.95. The quantitative estimate of drug-likeness (QED) is 0.813. The second-order valence-corrected chi connectivity index (χ2v) is 7.55. The van der Waals surface area contributed by atoms with Crippen molar-refractivity contribution in [1.82, 2.24) is 14.9 Å². The van der Waals surface area contributed by atoms with Crippen molar-refractivity contribution in [3.8, 4) is 0 Å². The molecule has 0 aliphatic carbocycles. The molecule has 2 fully saturated rings. The third kappa shape index (κ3) is 4.16. The maximum Gasteiger partial charge on any atom is 0.225 e. The third-order valence-electron chi connectivity index (χ3n) is 5.48. The molecule has 1 aromatic heterocycles. The summed E-state index contributed by atoms with van der Waals surface area (Å²) in [5.41, 5.74) is 1.13. The van der Waals surface area contributed by atoms with Gasteiger partial charge in [0, 0.05) is 68.3 Å². The average molecular weight is 386 g/mol. The molecule has 7 heteroatoms. The molecular weight excluding hydrogens is 362 g/mol. The van der Waals surface area contributed by atoms with Gasteiger partial charge < -0.3 is 14.7 Å². The highest BCUT2D eigenvalue weighted by Gasteiger charge is 2.30. The molecule has 2 saturated heterocycles. The Morgan fingerprint density at radius 1 is 1.00 bits per heavy atom. The molecule has 2 aliphatic rings. The van der Waals surface area contributed by atoms with Crippen LogP contribution in [0.25, 0.3) is 0 Å². The van der Waals surface area contributed by atoms with Crippen LogP contribution in [0.4, 0.5) is 11.5 Å². The van der Waals surface area contributed by atoms with Gasteiger partial charge in [0.05, 0.1) is 6.20 Å². The summed E-state index contributed by atoms with van der Waals surface area (Å²) in [6.45, 7) is 4.97. The number of hydrogen-bond acceptors (Lipinski definition) is 5. The van der Waals surface area contributed by atoms with Crippen LogP contribution in [-0.4, -0.2) is 60.0 Å². The Bertz CT molecular complexity index is 771. The molecule has 27 heavy (non-hydrogen) atoms. The second-order valence-electron chi connectivity index (χ2n) is 7.12. The number of aromatic nitrogens is 2. The first-order valence-corrected chi connectivity index (χ1v) is 9.89. The van der Waals surface area contributed by atoms with Crippen LogP contribution >= 0.6 is 11.6 Å². The smallest absolute Gasteiger partial charge is 0.225 e. The lowest BCUT2D eigenvalue weighted by Gasteiger charge is -2.39. The third-order valence-corrected chi connectivity index (χ3v) is 5.72. The van der Waals surface area contributed by atoms with Gasteiger partial charge in [-0.2, -0.15) is 0 Å². The number of halogens is 1. The average Bonchev–Trinajstić information content (AvgIpc) is 2.74. The zero-order valence-electron chi connectivity index (χ0n) is 15.3. The molecule has 0 saturated carbocycles. The van der Waals surface area contributed by atoms with E-state index in [1.807, 2.05) is 23.1 Å². The SMILES string of the molecule is O=C(C1CCN(c2cnccn2)CC1)N1CCN(c2cccc(Cl)c2)CC1. The molecule has 6 nitrogen and oxygen atoms in total. The van der Waals surface area contributed by atoms with E-state index in [1.54, 1.807) is 18.6 Å². The number of piperazine rings is 1. The lowest BCUT2D eigenvalue weighted by Crippen LogP contribution is -2.51. The van der Waals surface area contributed by atoms with Gasteiger partial charge in [-0.05, 0) is 31.0 Å². The number of benzene rings is 1. The van der Waals surface area contributed by atoms with Crippen LogP contribution in [0, 0.1) is 5.92 Å². The van der Waals surface area contributed by atoms with Crippen LogP contribution in [0.1, 0.15) is 12.8 Å². The molecule has 0 atom stereocenters. The molecule has 142 valence electrons. The highest BCUT2D eigenvalue weighted by Crippen LogP contribution is 2.25. The van der Waals surface area contributed by atoms with Gasteiger partial charge in [-0.3, -0.25) is 9.78 Å². The van der Waals surface area contributed by atoms with Crippen molar-refractivity contribution in [1.29, 1.82) is 0 Å². The monoisotopic (exact) mass is 385 g/mol. The summed E-state index contributed by atoms with van der Waals surface area (Å²) >= 11 is 6.10. The van der Waals surface area contributed by atoms with Crippen LogP contribution in [0.3, 0.4) is 0 Å². The van der Waals surface area contributed by atoms with E-state index in [-0.39, 0.29) is 5.92 Å². The Labute approximate surface area is 164 Å². The number of hydrogen-bond donors (Lipinski definition) is 0. The van der Waals surface area contributed by atoms with Crippen molar-refractivity contribution in [3.63, 3.8) is 0 Å². The highest BCUT2D eigenvalue weighted by molar-refractivity contribution is 6.30. The summed E-state index contributed by atoms with van der Waals surface area (Å²) < 4.78 is 0. The Balaban J connectivity index is 1.29. The zero-order chi connectivity index (χ0) is 18.6. The van der Waals surface area contributed by atoms with Crippen molar-refractivity contribution >= 4 is 29.0 Å². The van der Waals surface area contributed by atoms with E-state index in [4.69, 9.17) is 11.6 Å². The molecule has 1 amide bonds. The van der Waals surface area contributed by atoms with Gasteiger partial charge in [0.2, 0.25) is 5.91 Å². The van der Waals surface area contributed by atoms with E-state index < -0.39 is 0 Å². The normalized spacial score (nSPS) is 18.6. The predicted octanol–water partition coefficient (Wildman–Crippen LogP) is 2.70. The van der Waals surface area contributed by atoms with E-state index in [1.165, 1.54) is 0 Å². The van der Waals surface area contributed by atoms with Crippen LogP contribution in [0.15, 0.2) is 42.9 Å². The van der Waals surface area contributed by atoms with Gasteiger partial charge in [-0.1, -0.05) is 17.7 Å². The molecule has 0 spiro atoms. The van der Waals surface area contributed by atoms with Crippen LogP contribution in [0.5, 0.6) is 0 Å². The fourth-order valence-electron chi connectivity index (χ4n) is 3.93. The van der Waals surface area contributed by atoms with Crippen molar-refractivity contribution in [2.45, 2.75) is 12.8 Å². The van der Waals surface area contributed by atoms with Crippen molar-refractivity contribution in [3.05, 3.63) is 47.9 Å². The van der Waals surface area contributed by atoms with E-state index in [0.29, 0.717) is 5.91 Å². The molecule has 1 aromatic carbocycles. The summed E-state index contributed by atoms with van der Waals surface area (Å²) in [6, 6.07) is 7.92. The van der Waals surface area contributed by atoms with E-state index >= 15 is 0 Å². The van der Waals surface area contributed by atoms with Crippen molar-refractivity contribution < 1.29 is 4.79 Å². The summed E-state index contributed by atoms with van der Waals surface area (Å²) in [7, 11) is 0. The number of amides is 1. The van der Waals surface area contributed by atoms with E-state index in [0.717, 1.165) is 68.6 Å². The molecule has 0 radical (unpaired) electrons. The Morgan fingerprint density at radius 3 is 2.44 bits per heavy atom. The summed E-state index contributed by atoms with van der Waals surface area (Å²) in [6.07, 6.45) is 6.94. The van der Waals surface area contributed by atoms with Crippen LogP contribution in [0.2, 0.25) is 5.02 Å². The number of anilines is 2. The molecular formula is C20H24ClN5O. The van der Waals surface area contributed by atoms with Gasteiger partial charge in [-0.25, -0.2) is 4.98 Å². The van der Waals surface area contributed by atoms with Gasteiger partial charge in [0.15, 0.2) is 0 Å². The van der Waals surface area contributed by atoms with Crippen LogP contribution in [-0.2, 0) is 4.79 Å². The molecule has 0 N–H and O–H groups in total. The van der Waals surface area contributed by atoms with Gasteiger partial charge in [0.1, 0.15) is 5.82 Å². The number of nitrogens with zero attached hydrogens (tertiary/aromatic N) is 5. The number of piperidine rings is 1. The fraction of sp³-hybridized carbons (Fsp3) is 0.450. The molecule has 0 bridgehead atoms. The summed E-state index contributed by atoms with van der Waals surface area (Å²) in [5.74, 6) is 1.33. The fourth-order valence-corrected chi connectivity index (χ4v) is 4.11. The highest BCUT2D eigenvalue weighted by atomic mass is 35.5. The maximum absolute atomic E-state index is 12.9. The first kappa shape index (κ1) is 18.0. The van der Waals surface area contributed by atoms with Crippen molar-refractivity contribution in [2.75, 3.05) is 49.1 Å². The minimum absolute atomic E-state index is 0.121. The number of carbonyl (C=O) groups excluding carboxylic acids is 1. The molecule has 0 unspecified atom stereocenters. The van der Waals surface area contributed by atoms with Crippen LogP contribution < -0.4 is 9.80 Å². The Hall–Kier alpha value is -2.34. The van der Waals surface area contributed by atoms with E-state index in [9.17, 15) is 4.79 Å². The number of carbonyl (C=O) groups is 1. The minimum atomic E-state index is 0.121. The maximum atomic E-state index is 12.9. The first-order chi connectivity index (χ1) is 13.2. The molecule has 4 rings (SSSR count). The van der Waals surface area contributed by atoms with Gasteiger partial charge in [0.25, 0.3) is 0 Å². The first-order valence-electron chi connectivity index (χ1n) is 9.51. The summed E-state index contributed by atoms with van der Waals surface area (Å²) in [5, 5.41) is 0.751. The zero-order valence-corrected chi connectivity index (χ0v) is 16.1. The largest absolute Gasteiger partial charge is 0.368 e. The topological polar surface area (TPSA) is 52.6 Å². The number of rotatable bonds is 3. The Kier molecular flexibility index (Phi) is 5.43. The van der Waals surface area contributed by atoms with Gasteiger partial charge in [-0.15, -0.1) is 0 Å². The predicted molar refractivity (Wildman–Crippen MR) is 107 cm³/mol.